The summed E-state index contributed by atoms with van der Waals surface area (Å²) in [7, 11) is -2.94. The van der Waals surface area contributed by atoms with Crippen LogP contribution in [0.5, 0.6) is 0 Å². The molecule has 1 aliphatic heterocycles. The normalized spacial score (nSPS) is 20.8. The van der Waals surface area contributed by atoms with Crippen LogP contribution in [-0.4, -0.2) is 37.6 Å². The highest BCUT2D eigenvalue weighted by atomic mass is 32.2. The first-order valence-corrected chi connectivity index (χ1v) is 9.36. The standard InChI is InChI=1S/C14H19NO3S2/c1-10-3-4-11(2)13(7-10)19-8-14(16)15-12-5-6-20(17,18)9-12/h3-4,7,12H,5-6,8-9H2,1-2H3,(H,15,16)/t12-/m1/s1. The Morgan fingerprint density at radius 2 is 2.15 bits per heavy atom. The highest BCUT2D eigenvalue weighted by molar-refractivity contribution is 8.00. The van der Waals surface area contributed by atoms with Gasteiger partial charge >= 0.3 is 0 Å². The summed E-state index contributed by atoms with van der Waals surface area (Å²) < 4.78 is 22.7. The molecule has 0 saturated carbocycles. The number of amides is 1. The fraction of sp³-hybridized carbons (Fsp3) is 0.500. The predicted molar refractivity (Wildman–Crippen MR) is 81.8 cm³/mol. The molecule has 0 bridgehead atoms. The van der Waals surface area contributed by atoms with Crippen LogP contribution >= 0.6 is 11.8 Å². The number of hydrogen-bond acceptors (Lipinski definition) is 4. The van der Waals surface area contributed by atoms with E-state index in [0.29, 0.717) is 12.2 Å². The van der Waals surface area contributed by atoms with E-state index in [2.05, 4.69) is 11.4 Å². The molecule has 20 heavy (non-hydrogen) atoms. The largest absolute Gasteiger partial charge is 0.352 e. The number of rotatable bonds is 4. The number of carbonyl (C=O) groups excluding carboxylic acids is 1. The highest BCUT2D eigenvalue weighted by Gasteiger charge is 2.28. The number of nitrogens with one attached hydrogen (secondary N) is 1. The molecule has 2 rings (SSSR count). The van der Waals surface area contributed by atoms with E-state index in [-0.39, 0.29) is 23.5 Å². The van der Waals surface area contributed by atoms with E-state index in [0.717, 1.165) is 10.5 Å². The fourth-order valence-electron chi connectivity index (χ4n) is 2.18. The Hall–Kier alpha value is -1.01. The molecule has 0 aromatic heterocycles. The lowest BCUT2D eigenvalue weighted by molar-refractivity contribution is -0.119. The summed E-state index contributed by atoms with van der Waals surface area (Å²) in [4.78, 5) is 12.9. The predicted octanol–water partition coefficient (Wildman–Crippen LogP) is 1.70. The number of benzene rings is 1. The van der Waals surface area contributed by atoms with Crippen molar-refractivity contribution in [1.82, 2.24) is 5.32 Å². The van der Waals surface area contributed by atoms with Gasteiger partial charge in [-0.3, -0.25) is 4.79 Å². The van der Waals surface area contributed by atoms with Crippen LogP contribution in [0.3, 0.4) is 0 Å². The molecule has 1 saturated heterocycles. The van der Waals surface area contributed by atoms with Crippen molar-refractivity contribution in [2.45, 2.75) is 31.2 Å². The molecule has 1 heterocycles. The second kappa shape index (κ2) is 6.18. The Balaban J connectivity index is 1.85. The summed E-state index contributed by atoms with van der Waals surface area (Å²) in [5, 5.41) is 2.80. The van der Waals surface area contributed by atoms with Gasteiger partial charge in [0.1, 0.15) is 0 Å². The van der Waals surface area contributed by atoms with Gasteiger partial charge < -0.3 is 5.32 Å². The third kappa shape index (κ3) is 4.24. The van der Waals surface area contributed by atoms with Crippen molar-refractivity contribution in [3.63, 3.8) is 0 Å². The van der Waals surface area contributed by atoms with Crippen molar-refractivity contribution in [3.8, 4) is 0 Å². The minimum absolute atomic E-state index is 0.0763. The third-order valence-electron chi connectivity index (χ3n) is 3.30. The van der Waals surface area contributed by atoms with Crippen LogP contribution in [0.1, 0.15) is 17.5 Å². The van der Waals surface area contributed by atoms with Crippen LogP contribution < -0.4 is 5.32 Å². The van der Waals surface area contributed by atoms with Crippen molar-refractivity contribution < 1.29 is 13.2 Å². The van der Waals surface area contributed by atoms with Crippen LogP contribution in [0.4, 0.5) is 0 Å². The molecule has 0 aliphatic carbocycles. The maximum Gasteiger partial charge on any atom is 0.230 e. The van der Waals surface area contributed by atoms with Crippen LogP contribution in [0, 0.1) is 13.8 Å². The van der Waals surface area contributed by atoms with Gasteiger partial charge in [0, 0.05) is 10.9 Å². The molecular weight excluding hydrogens is 294 g/mol. The number of sulfone groups is 1. The second-order valence-electron chi connectivity index (χ2n) is 5.23. The van der Waals surface area contributed by atoms with Crippen molar-refractivity contribution in [2.24, 2.45) is 0 Å². The van der Waals surface area contributed by atoms with Gasteiger partial charge in [0.25, 0.3) is 0 Å². The van der Waals surface area contributed by atoms with Crippen LogP contribution in [0.15, 0.2) is 23.1 Å². The summed E-state index contributed by atoms with van der Waals surface area (Å²) in [5.41, 5.74) is 2.32. The van der Waals surface area contributed by atoms with Crippen molar-refractivity contribution in [2.75, 3.05) is 17.3 Å². The lowest BCUT2D eigenvalue weighted by Gasteiger charge is -2.11. The average Bonchev–Trinajstić information content (AvgIpc) is 2.70. The first-order chi connectivity index (χ1) is 9.35. The zero-order valence-electron chi connectivity index (χ0n) is 11.7. The molecule has 6 heteroatoms. The summed E-state index contributed by atoms with van der Waals surface area (Å²) in [6.07, 6.45) is 0.530. The third-order valence-corrected chi connectivity index (χ3v) is 6.23. The van der Waals surface area contributed by atoms with E-state index in [4.69, 9.17) is 0 Å². The molecule has 1 aromatic carbocycles. The molecule has 1 atom stereocenters. The van der Waals surface area contributed by atoms with Gasteiger partial charge in [-0.25, -0.2) is 8.42 Å². The molecule has 1 amide bonds. The fourth-order valence-corrected chi connectivity index (χ4v) is 4.79. The maximum absolute atomic E-state index is 11.9. The first kappa shape index (κ1) is 15.4. The Kier molecular flexibility index (Phi) is 4.75. The molecule has 1 aromatic rings. The minimum atomic E-state index is -2.94. The van der Waals surface area contributed by atoms with Gasteiger partial charge in [-0.1, -0.05) is 17.7 Å². The van der Waals surface area contributed by atoms with Crippen molar-refractivity contribution in [3.05, 3.63) is 29.3 Å². The van der Waals surface area contributed by atoms with E-state index in [1.54, 1.807) is 0 Å². The second-order valence-corrected chi connectivity index (χ2v) is 8.47. The van der Waals surface area contributed by atoms with Gasteiger partial charge in [-0.15, -0.1) is 11.8 Å². The van der Waals surface area contributed by atoms with Gasteiger partial charge in [0.05, 0.1) is 17.3 Å². The maximum atomic E-state index is 11.9. The molecule has 110 valence electrons. The number of thioether (sulfide) groups is 1. The highest BCUT2D eigenvalue weighted by Crippen LogP contribution is 2.23. The summed E-state index contributed by atoms with van der Waals surface area (Å²) >= 11 is 1.49. The van der Waals surface area contributed by atoms with Gasteiger partial charge in [0.15, 0.2) is 9.84 Å². The van der Waals surface area contributed by atoms with Gasteiger partial charge in [0.2, 0.25) is 5.91 Å². The smallest absolute Gasteiger partial charge is 0.230 e. The number of carbonyl (C=O) groups is 1. The number of aryl methyl sites for hydroxylation is 2. The van der Waals surface area contributed by atoms with Crippen LogP contribution in [0.25, 0.3) is 0 Å². The van der Waals surface area contributed by atoms with Gasteiger partial charge in [-0.05, 0) is 31.9 Å². The van der Waals surface area contributed by atoms with E-state index < -0.39 is 9.84 Å². The molecule has 0 spiro atoms. The Morgan fingerprint density at radius 3 is 2.80 bits per heavy atom. The molecular formula is C14H19NO3S2. The van der Waals surface area contributed by atoms with Crippen LogP contribution in [0.2, 0.25) is 0 Å². The van der Waals surface area contributed by atoms with Crippen molar-refractivity contribution >= 4 is 27.5 Å². The Labute approximate surface area is 124 Å². The minimum Gasteiger partial charge on any atom is -0.352 e. The van der Waals surface area contributed by atoms with Crippen molar-refractivity contribution in [1.29, 1.82) is 0 Å². The topological polar surface area (TPSA) is 63.2 Å². The molecule has 1 N–H and O–H groups in total. The van der Waals surface area contributed by atoms with Gasteiger partial charge in [-0.2, -0.15) is 0 Å². The molecule has 0 radical (unpaired) electrons. The van der Waals surface area contributed by atoms with E-state index >= 15 is 0 Å². The SMILES string of the molecule is Cc1ccc(C)c(SCC(=O)N[C@@H]2CCS(=O)(=O)C2)c1. The zero-order chi connectivity index (χ0) is 14.8. The Bertz CT molecular complexity index is 611. The summed E-state index contributed by atoms with van der Waals surface area (Å²) in [6, 6.07) is 5.93. The average molecular weight is 313 g/mol. The lowest BCUT2D eigenvalue weighted by atomic mass is 10.2. The molecule has 0 unspecified atom stereocenters. The van der Waals surface area contributed by atoms with E-state index in [1.807, 2.05) is 26.0 Å². The van der Waals surface area contributed by atoms with E-state index in [1.165, 1.54) is 17.3 Å². The first-order valence-electron chi connectivity index (χ1n) is 6.55. The zero-order valence-corrected chi connectivity index (χ0v) is 13.3. The lowest BCUT2D eigenvalue weighted by Crippen LogP contribution is -2.36. The monoisotopic (exact) mass is 313 g/mol. The Morgan fingerprint density at radius 1 is 1.40 bits per heavy atom. The molecule has 4 nitrogen and oxygen atoms in total. The summed E-state index contributed by atoms with van der Waals surface area (Å²) in [5.74, 6) is 0.480. The molecule has 1 fully saturated rings. The summed E-state index contributed by atoms with van der Waals surface area (Å²) in [6.45, 7) is 4.04. The van der Waals surface area contributed by atoms with Crippen LogP contribution in [-0.2, 0) is 14.6 Å². The number of hydrogen-bond donors (Lipinski definition) is 1. The quantitative estimate of drug-likeness (QED) is 0.859. The molecule has 1 aliphatic rings. The van der Waals surface area contributed by atoms with E-state index in [9.17, 15) is 13.2 Å².